The van der Waals surface area contributed by atoms with Gasteiger partial charge in [-0.25, -0.2) is 0 Å². The predicted molar refractivity (Wildman–Crippen MR) is 90.7 cm³/mol. The first-order valence-corrected chi connectivity index (χ1v) is 7.78. The van der Waals surface area contributed by atoms with Crippen LogP contribution in [0.4, 0.5) is 11.8 Å². The number of hydrogen-bond acceptors (Lipinski definition) is 5. The Kier molecular flexibility index (Phi) is 2.39. The maximum atomic E-state index is 13.6. The highest BCUT2D eigenvalue weighted by Crippen LogP contribution is 2.58. The quantitative estimate of drug-likeness (QED) is 0.659. The number of hydrogen-bond donors (Lipinski definition) is 2. The second kappa shape index (κ2) is 4.30. The fourth-order valence-corrected chi connectivity index (χ4v) is 4.08. The summed E-state index contributed by atoms with van der Waals surface area (Å²) < 4.78 is 5.64. The maximum Gasteiger partial charge on any atom is 0.292 e. The molecule has 1 aliphatic carbocycles. The van der Waals surface area contributed by atoms with Crippen molar-refractivity contribution in [3.05, 3.63) is 46.8 Å². The van der Waals surface area contributed by atoms with E-state index in [1.165, 1.54) is 4.90 Å². The van der Waals surface area contributed by atoms with Gasteiger partial charge >= 0.3 is 0 Å². The van der Waals surface area contributed by atoms with E-state index in [-0.39, 0.29) is 18.5 Å². The zero-order chi connectivity index (χ0) is 17.3. The normalized spacial score (nSPS) is 19.8. The number of anilines is 2. The lowest BCUT2D eigenvalue weighted by Crippen LogP contribution is -2.42. The molecule has 3 aromatic rings. The number of nitrogen functional groups attached to an aromatic ring is 1. The zero-order valence-corrected chi connectivity index (χ0v) is 13.3. The second-order valence-corrected chi connectivity index (χ2v) is 6.17. The molecule has 0 bridgehead atoms. The van der Waals surface area contributed by atoms with Crippen molar-refractivity contribution in [2.75, 3.05) is 17.2 Å². The maximum absolute atomic E-state index is 13.6. The molecule has 2 aromatic heterocycles. The van der Waals surface area contributed by atoms with Gasteiger partial charge in [0.05, 0.1) is 6.54 Å². The predicted octanol–water partition coefficient (Wildman–Crippen LogP) is 1.58. The lowest BCUT2D eigenvalue weighted by molar-refractivity contribution is -0.120. The minimum atomic E-state index is -1.13. The van der Waals surface area contributed by atoms with Crippen LogP contribution in [0.1, 0.15) is 22.5 Å². The van der Waals surface area contributed by atoms with E-state index >= 15 is 0 Å². The van der Waals surface area contributed by atoms with Crippen LogP contribution in [0.3, 0.4) is 0 Å². The molecule has 25 heavy (non-hydrogen) atoms. The van der Waals surface area contributed by atoms with Gasteiger partial charge in [-0.05, 0) is 12.5 Å². The van der Waals surface area contributed by atoms with Gasteiger partial charge in [-0.1, -0.05) is 30.2 Å². The molecule has 1 spiro atoms. The van der Waals surface area contributed by atoms with Crippen molar-refractivity contribution in [1.29, 1.82) is 0 Å². The lowest BCUT2D eigenvalue weighted by atomic mass is 9.75. The van der Waals surface area contributed by atoms with Crippen molar-refractivity contribution in [3.8, 4) is 23.7 Å². The van der Waals surface area contributed by atoms with Gasteiger partial charge in [0.15, 0.2) is 17.0 Å². The van der Waals surface area contributed by atoms with E-state index < -0.39 is 5.41 Å². The Labute approximate surface area is 142 Å². The number of aryl methyl sites for hydroxylation is 1. The summed E-state index contributed by atoms with van der Waals surface area (Å²) in [5, 5.41) is 7.28. The van der Waals surface area contributed by atoms with Gasteiger partial charge in [0, 0.05) is 16.8 Å². The summed E-state index contributed by atoms with van der Waals surface area (Å²) in [6, 6.07) is 7.63. The van der Waals surface area contributed by atoms with E-state index in [4.69, 9.17) is 16.6 Å². The molecule has 7 nitrogen and oxygen atoms in total. The molecule has 0 unspecified atom stereocenters. The summed E-state index contributed by atoms with van der Waals surface area (Å²) in [5.41, 5.74) is 8.35. The number of terminal acetylenes is 1. The Hall–Kier alpha value is -3.53. The van der Waals surface area contributed by atoms with Crippen molar-refractivity contribution < 1.29 is 9.21 Å². The fraction of sp³-hybridized carbons (Fsp3) is 0.167. The largest absolute Gasteiger partial charge is 0.423 e. The van der Waals surface area contributed by atoms with Crippen molar-refractivity contribution in [1.82, 2.24) is 15.2 Å². The number of aromatic amines is 1. The second-order valence-electron chi connectivity index (χ2n) is 6.17. The number of fused-ring (bicyclic) bond motifs is 7. The minimum absolute atomic E-state index is 0.0322. The van der Waals surface area contributed by atoms with Gasteiger partial charge in [0.1, 0.15) is 5.69 Å². The zero-order valence-electron chi connectivity index (χ0n) is 13.3. The van der Waals surface area contributed by atoms with Gasteiger partial charge in [-0.3, -0.25) is 14.8 Å². The number of carbonyl (C=O) groups is 1. The number of amides is 1. The molecule has 0 saturated carbocycles. The standard InChI is InChI=1S/C18H13N5O2/c1-3-8-23-15-12(9(2)21-22-15)18(16(23)24)11-7-5-4-6-10(11)13-14(18)20-17(19)25-13/h1,4-7H,8H2,2H3,(H2,19,20)(H,21,22)/t18-/m1/s1. The van der Waals surface area contributed by atoms with Crippen LogP contribution in [0.2, 0.25) is 0 Å². The Balaban J connectivity index is 1.94. The molecule has 1 atom stereocenters. The van der Waals surface area contributed by atoms with E-state index in [1.54, 1.807) is 0 Å². The van der Waals surface area contributed by atoms with Gasteiger partial charge < -0.3 is 10.2 Å². The van der Waals surface area contributed by atoms with Crippen LogP contribution in [0.25, 0.3) is 11.3 Å². The van der Waals surface area contributed by atoms with Crippen molar-refractivity contribution >= 4 is 17.7 Å². The first kappa shape index (κ1) is 13.9. The molecule has 0 radical (unpaired) electrons. The van der Waals surface area contributed by atoms with E-state index in [0.717, 1.165) is 22.4 Å². The van der Waals surface area contributed by atoms with Crippen LogP contribution in [-0.4, -0.2) is 27.6 Å². The molecule has 7 heteroatoms. The van der Waals surface area contributed by atoms with Crippen LogP contribution < -0.4 is 10.6 Å². The number of nitrogens with two attached hydrogens (primary N) is 1. The first-order valence-electron chi connectivity index (χ1n) is 7.78. The number of benzene rings is 1. The van der Waals surface area contributed by atoms with E-state index in [1.807, 2.05) is 31.2 Å². The van der Waals surface area contributed by atoms with Crippen LogP contribution in [0.5, 0.6) is 0 Å². The topological polar surface area (TPSA) is 101 Å². The average Bonchev–Trinajstić information content (AvgIpc) is 3.29. The third kappa shape index (κ3) is 1.37. The van der Waals surface area contributed by atoms with Gasteiger partial charge in [-0.2, -0.15) is 10.1 Å². The van der Waals surface area contributed by atoms with E-state index in [9.17, 15) is 4.79 Å². The minimum Gasteiger partial charge on any atom is -0.423 e. The smallest absolute Gasteiger partial charge is 0.292 e. The highest BCUT2D eigenvalue weighted by Gasteiger charge is 2.62. The monoisotopic (exact) mass is 331 g/mol. The molecule has 122 valence electrons. The van der Waals surface area contributed by atoms with Gasteiger partial charge in [-0.15, -0.1) is 6.42 Å². The first-order chi connectivity index (χ1) is 12.1. The highest BCUT2D eigenvalue weighted by atomic mass is 16.4. The molecule has 3 N–H and O–H groups in total. The van der Waals surface area contributed by atoms with Crippen molar-refractivity contribution in [3.63, 3.8) is 0 Å². The molecular formula is C18H13N5O2. The molecular weight excluding hydrogens is 318 g/mol. The molecule has 3 heterocycles. The van der Waals surface area contributed by atoms with Crippen LogP contribution in [0, 0.1) is 19.3 Å². The van der Waals surface area contributed by atoms with Crippen LogP contribution >= 0.6 is 0 Å². The van der Waals surface area contributed by atoms with Crippen molar-refractivity contribution in [2.24, 2.45) is 0 Å². The third-order valence-electron chi connectivity index (χ3n) is 4.95. The van der Waals surface area contributed by atoms with E-state index in [2.05, 4.69) is 21.1 Å². The number of rotatable bonds is 1. The SMILES string of the molecule is C#CCN1C(=O)[C@]2(c3ccccc3-c3oc(N)nc32)c2c1n[nH]c2C. The summed E-state index contributed by atoms with van der Waals surface area (Å²) in [6.07, 6.45) is 5.48. The molecule has 1 aromatic carbocycles. The van der Waals surface area contributed by atoms with Gasteiger partial charge in [0.25, 0.3) is 11.9 Å². The van der Waals surface area contributed by atoms with Crippen LogP contribution in [-0.2, 0) is 10.2 Å². The Morgan fingerprint density at radius 2 is 2.24 bits per heavy atom. The Morgan fingerprint density at radius 3 is 3.04 bits per heavy atom. The molecule has 2 aliphatic rings. The summed E-state index contributed by atoms with van der Waals surface area (Å²) in [4.78, 5) is 19.5. The summed E-state index contributed by atoms with van der Waals surface area (Å²) in [5.74, 6) is 3.41. The number of nitrogens with one attached hydrogen (secondary N) is 1. The summed E-state index contributed by atoms with van der Waals surface area (Å²) >= 11 is 0. The lowest BCUT2D eigenvalue weighted by Gasteiger charge is -2.24. The Bertz CT molecular complexity index is 1100. The molecule has 1 amide bonds. The Morgan fingerprint density at radius 1 is 1.44 bits per heavy atom. The number of H-pyrrole nitrogens is 1. The number of nitrogens with zero attached hydrogens (tertiary/aromatic N) is 3. The fourth-order valence-electron chi connectivity index (χ4n) is 4.08. The van der Waals surface area contributed by atoms with E-state index in [0.29, 0.717) is 17.3 Å². The summed E-state index contributed by atoms with van der Waals surface area (Å²) in [6.45, 7) is 2.01. The average molecular weight is 331 g/mol. The van der Waals surface area contributed by atoms with Crippen LogP contribution in [0.15, 0.2) is 28.7 Å². The van der Waals surface area contributed by atoms with Crippen molar-refractivity contribution in [2.45, 2.75) is 12.3 Å². The van der Waals surface area contributed by atoms with Gasteiger partial charge in [0.2, 0.25) is 0 Å². The third-order valence-corrected chi connectivity index (χ3v) is 4.95. The number of aromatic nitrogens is 3. The molecule has 1 aliphatic heterocycles. The number of oxazole rings is 1. The number of carbonyl (C=O) groups excluding carboxylic acids is 1. The molecule has 0 saturated heterocycles. The highest BCUT2D eigenvalue weighted by molar-refractivity contribution is 6.15. The summed E-state index contributed by atoms with van der Waals surface area (Å²) in [7, 11) is 0. The molecule has 5 rings (SSSR count). The molecule has 0 fully saturated rings.